The number of benzene rings is 3. The second-order valence-corrected chi connectivity index (χ2v) is 12.2. The fourth-order valence-electron chi connectivity index (χ4n) is 7.11. The Morgan fingerprint density at radius 1 is 0.865 bits per heavy atom. The van der Waals surface area contributed by atoms with Gasteiger partial charge in [-0.1, -0.05) is 77.5 Å². The number of nitrogens with zero attached hydrogens (tertiary/aromatic N) is 2. The standard InChI is InChI=1S/C31H27BrN2O3/c1-18-13-15-33(16-14-18)28(35)19-7-6-8-20(17-19)34-29(36)26-25-21-9-2-4-11-23(21)31(32,27(26)30(34)37)24-12-5-3-10-22(24)25/h2-12,17-18,25-27H,13-16H2,1H3/t25?,26-,27+,31?/m0/s1. The fourth-order valence-corrected chi connectivity index (χ4v) is 8.31. The van der Waals surface area contributed by atoms with E-state index in [1.54, 1.807) is 24.3 Å². The second-order valence-electron chi connectivity index (χ2n) is 10.9. The van der Waals surface area contributed by atoms with E-state index in [2.05, 4.69) is 47.1 Å². The Labute approximate surface area is 224 Å². The van der Waals surface area contributed by atoms with Crippen molar-refractivity contribution in [3.63, 3.8) is 0 Å². The minimum atomic E-state index is -0.779. The summed E-state index contributed by atoms with van der Waals surface area (Å²) in [4.78, 5) is 44.8. The zero-order chi connectivity index (χ0) is 25.5. The van der Waals surface area contributed by atoms with Gasteiger partial charge in [-0.2, -0.15) is 0 Å². The highest BCUT2D eigenvalue weighted by Gasteiger charge is 2.67. The number of carbonyl (C=O) groups is 3. The van der Waals surface area contributed by atoms with E-state index in [0.29, 0.717) is 17.2 Å². The maximum Gasteiger partial charge on any atom is 0.253 e. The molecule has 2 fully saturated rings. The minimum absolute atomic E-state index is 0.0397. The minimum Gasteiger partial charge on any atom is -0.339 e. The van der Waals surface area contributed by atoms with Crippen molar-refractivity contribution in [2.75, 3.05) is 18.0 Å². The molecule has 0 radical (unpaired) electrons. The third-order valence-electron chi connectivity index (χ3n) is 8.94. The quantitative estimate of drug-likeness (QED) is 0.312. The first-order chi connectivity index (χ1) is 17.9. The van der Waals surface area contributed by atoms with Gasteiger partial charge in [0.2, 0.25) is 11.8 Å². The van der Waals surface area contributed by atoms with Gasteiger partial charge in [0.1, 0.15) is 0 Å². The number of carbonyl (C=O) groups excluding carboxylic acids is 3. The summed E-state index contributed by atoms with van der Waals surface area (Å²) in [5.74, 6) is -1.06. The van der Waals surface area contributed by atoms with Crippen molar-refractivity contribution in [2.45, 2.75) is 30.0 Å². The lowest BCUT2D eigenvalue weighted by atomic mass is 9.55. The van der Waals surface area contributed by atoms with Gasteiger partial charge in [-0.05, 0) is 59.2 Å². The molecule has 5 nitrogen and oxygen atoms in total. The van der Waals surface area contributed by atoms with Gasteiger partial charge in [0.15, 0.2) is 0 Å². The van der Waals surface area contributed by atoms with Crippen LogP contribution in [-0.2, 0) is 13.9 Å². The highest BCUT2D eigenvalue weighted by atomic mass is 79.9. The summed E-state index contributed by atoms with van der Waals surface area (Å²) in [5.41, 5.74) is 5.32. The maximum atomic E-state index is 14.2. The largest absolute Gasteiger partial charge is 0.339 e. The van der Waals surface area contributed by atoms with Crippen molar-refractivity contribution in [2.24, 2.45) is 17.8 Å². The summed E-state index contributed by atoms with van der Waals surface area (Å²) in [5, 5.41) is 0. The zero-order valence-corrected chi connectivity index (χ0v) is 22.1. The van der Waals surface area contributed by atoms with Crippen LogP contribution in [0, 0.1) is 17.8 Å². The molecule has 2 saturated heterocycles. The molecule has 2 atom stereocenters. The monoisotopic (exact) mass is 554 g/mol. The van der Waals surface area contributed by atoms with Gasteiger partial charge in [-0.3, -0.25) is 14.4 Å². The first kappa shape index (κ1) is 22.9. The van der Waals surface area contributed by atoms with Crippen LogP contribution in [0.25, 0.3) is 0 Å². The van der Waals surface area contributed by atoms with Crippen molar-refractivity contribution >= 4 is 39.3 Å². The molecular weight excluding hydrogens is 528 g/mol. The number of imide groups is 1. The van der Waals surface area contributed by atoms with Gasteiger partial charge in [0.25, 0.3) is 5.91 Å². The molecule has 6 heteroatoms. The summed E-state index contributed by atoms with van der Waals surface area (Å²) in [6.07, 6.45) is 1.99. The van der Waals surface area contributed by atoms with E-state index >= 15 is 0 Å². The Bertz CT molecular complexity index is 1430. The Balaban J connectivity index is 1.30. The van der Waals surface area contributed by atoms with Gasteiger partial charge in [0, 0.05) is 24.6 Å². The lowest BCUT2D eigenvalue weighted by Crippen LogP contribution is -2.50. The molecule has 186 valence electrons. The van der Waals surface area contributed by atoms with Crippen LogP contribution in [0.2, 0.25) is 0 Å². The Morgan fingerprint density at radius 3 is 2.14 bits per heavy atom. The van der Waals surface area contributed by atoms with E-state index in [9.17, 15) is 14.4 Å². The maximum absolute atomic E-state index is 14.2. The molecule has 0 N–H and O–H groups in total. The van der Waals surface area contributed by atoms with E-state index in [-0.39, 0.29) is 23.6 Å². The molecule has 0 saturated carbocycles. The summed E-state index contributed by atoms with van der Waals surface area (Å²) < 4.78 is -0.779. The molecule has 5 aliphatic rings. The van der Waals surface area contributed by atoms with E-state index in [1.165, 1.54) is 4.90 Å². The molecule has 3 aromatic rings. The molecular formula is C31H27BrN2O3. The number of halogens is 1. The molecule has 2 bridgehead atoms. The van der Waals surface area contributed by atoms with Crippen LogP contribution in [0.4, 0.5) is 5.69 Å². The number of rotatable bonds is 2. The first-order valence-corrected chi connectivity index (χ1v) is 13.9. The van der Waals surface area contributed by atoms with Gasteiger partial charge in [0.05, 0.1) is 21.8 Å². The average molecular weight is 555 g/mol. The number of hydrogen-bond acceptors (Lipinski definition) is 3. The third kappa shape index (κ3) is 3.05. The first-order valence-electron chi connectivity index (χ1n) is 13.1. The SMILES string of the molecule is CC1CCN(C(=O)c2cccc(N3C(=O)[C@H]4C5c6ccccc6C(Br)(c6ccccc65)[C@H]4C3=O)c2)CC1. The zero-order valence-electron chi connectivity index (χ0n) is 20.6. The van der Waals surface area contributed by atoms with Crippen LogP contribution >= 0.6 is 15.9 Å². The predicted molar refractivity (Wildman–Crippen MR) is 145 cm³/mol. The molecule has 3 amide bonds. The Morgan fingerprint density at radius 2 is 1.49 bits per heavy atom. The summed E-state index contributed by atoms with van der Waals surface area (Å²) >= 11 is 4.04. The Hall–Kier alpha value is -3.25. The van der Waals surface area contributed by atoms with Crippen LogP contribution in [0.3, 0.4) is 0 Å². The molecule has 0 unspecified atom stereocenters. The third-order valence-corrected chi connectivity index (χ3v) is 10.3. The smallest absolute Gasteiger partial charge is 0.253 e. The summed E-state index contributed by atoms with van der Waals surface area (Å²) in [6, 6.07) is 23.4. The number of hydrogen-bond donors (Lipinski definition) is 0. The summed E-state index contributed by atoms with van der Waals surface area (Å²) in [7, 11) is 0. The predicted octanol–water partition coefficient (Wildman–Crippen LogP) is 5.46. The van der Waals surface area contributed by atoms with Crippen molar-refractivity contribution < 1.29 is 14.4 Å². The molecule has 2 aliphatic heterocycles. The van der Waals surface area contributed by atoms with Gasteiger partial charge < -0.3 is 4.90 Å². The fraction of sp³-hybridized carbons (Fsp3) is 0.323. The van der Waals surface area contributed by atoms with Crippen LogP contribution < -0.4 is 4.90 Å². The number of likely N-dealkylation sites (tertiary alicyclic amines) is 1. The van der Waals surface area contributed by atoms with Crippen LogP contribution in [0.5, 0.6) is 0 Å². The number of alkyl halides is 1. The second kappa shape index (κ2) is 8.12. The van der Waals surface area contributed by atoms with Crippen molar-refractivity contribution in [3.8, 4) is 0 Å². The van der Waals surface area contributed by atoms with Crippen LogP contribution in [0.1, 0.15) is 58.3 Å². The van der Waals surface area contributed by atoms with E-state index < -0.39 is 16.2 Å². The van der Waals surface area contributed by atoms with Gasteiger partial charge in [-0.15, -0.1) is 0 Å². The number of anilines is 1. The van der Waals surface area contributed by atoms with Crippen molar-refractivity contribution in [1.29, 1.82) is 0 Å². The van der Waals surface area contributed by atoms with E-state index in [4.69, 9.17) is 0 Å². The topological polar surface area (TPSA) is 57.7 Å². The molecule has 37 heavy (non-hydrogen) atoms. The highest BCUT2D eigenvalue weighted by Crippen LogP contribution is 2.66. The van der Waals surface area contributed by atoms with Gasteiger partial charge in [-0.25, -0.2) is 4.90 Å². The normalized spacial score (nSPS) is 28.2. The Kier molecular flexibility index (Phi) is 5.03. The molecule has 3 aromatic carbocycles. The van der Waals surface area contributed by atoms with Crippen LogP contribution in [-0.4, -0.2) is 35.7 Å². The molecule has 2 heterocycles. The molecule has 0 aromatic heterocycles. The van der Waals surface area contributed by atoms with E-state index in [1.807, 2.05) is 29.2 Å². The number of piperidine rings is 1. The molecule has 3 aliphatic carbocycles. The van der Waals surface area contributed by atoms with Crippen molar-refractivity contribution in [3.05, 3.63) is 101 Å². The number of amides is 3. The lowest BCUT2D eigenvalue weighted by Gasteiger charge is -2.51. The van der Waals surface area contributed by atoms with Crippen LogP contribution in [0.15, 0.2) is 72.8 Å². The van der Waals surface area contributed by atoms with E-state index in [0.717, 1.165) is 48.2 Å². The average Bonchev–Trinajstić information content (AvgIpc) is 3.20. The molecule has 0 spiro atoms. The van der Waals surface area contributed by atoms with Crippen molar-refractivity contribution in [1.82, 2.24) is 4.90 Å². The summed E-state index contributed by atoms with van der Waals surface area (Å²) in [6.45, 7) is 3.69. The molecule has 8 rings (SSSR count). The highest BCUT2D eigenvalue weighted by molar-refractivity contribution is 9.09. The van der Waals surface area contributed by atoms with Gasteiger partial charge >= 0.3 is 0 Å². The lowest BCUT2D eigenvalue weighted by molar-refractivity contribution is -0.122.